The van der Waals surface area contributed by atoms with Crippen LogP contribution in [0.15, 0.2) is 29.1 Å². The normalized spacial score (nSPS) is 15.8. The summed E-state index contributed by atoms with van der Waals surface area (Å²) in [6.07, 6.45) is 7.32. The fourth-order valence-electron chi connectivity index (χ4n) is 4.48. The van der Waals surface area contributed by atoms with E-state index < -0.39 is 0 Å². The molecule has 1 aromatic carbocycles. The predicted octanol–water partition coefficient (Wildman–Crippen LogP) is 4.20. The number of nitrogens with zero attached hydrogens (tertiary/aromatic N) is 5. The summed E-state index contributed by atoms with van der Waals surface area (Å²) in [5, 5.41) is 5.51. The van der Waals surface area contributed by atoms with Gasteiger partial charge in [0.25, 0.3) is 5.56 Å². The molecule has 1 fully saturated rings. The molecule has 1 aliphatic rings. The minimum Gasteiger partial charge on any atom is -0.282 e. The third kappa shape index (κ3) is 3.31. The molecule has 0 amide bonds. The van der Waals surface area contributed by atoms with Gasteiger partial charge in [0.05, 0.1) is 17.6 Å². The smallest absolute Gasteiger partial charge is 0.262 e. The highest BCUT2D eigenvalue weighted by Gasteiger charge is 2.22. The summed E-state index contributed by atoms with van der Waals surface area (Å²) in [5.41, 5.74) is 0.851. The van der Waals surface area contributed by atoms with Gasteiger partial charge in [-0.3, -0.25) is 18.7 Å². The van der Waals surface area contributed by atoms with E-state index in [0.717, 1.165) is 18.5 Å². The van der Waals surface area contributed by atoms with E-state index in [9.17, 15) is 4.79 Å². The van der Waals surface area contributed by atoms with E-state index in [-0.39, 0.29) is 5.56 Å². The van der Waals surface area contributed by atoms with Crippen molar-refractivity contribution in [2.45, 2.75) is 71.6 Å². The molecule has 0 bridgehead atoms. The van der Waals surface area contributed by atoms with Crippen LogP contribution in [0, 0.1) is 4.77 Å². The largest absolute Gasteiger partial charge is 0.282 e. The van der Waals surface area contributed by atoms with Crippen LogP contribution >= 0.6 is 12.2 Å². The van der Waals surface area contributed by atoms with Gasteiger partial charge >= 0.3 is 0 Å². The quantitative estimate of drug-likeness (QED) is 0.583. The Morgan fingerprint density at radius 2 is 1.93 bits per heavy atom. The Kier molecular flexibility index (Phi) is 5.64. The molecule has 6 nitrogen and oxygen atoms in total. The van der Waals surface area contributed by atoms with Crippen LogP contribution in [-0.4, -0.2) is 36.2 Å². The van der Waals surface area contributed by atoms with Crippen LogP contribution in [0.25, 0.3) is 16.7 Å². The molecule has 0 unspecified atom stereocenters. The third-order valence-electron chi connectivity index (χ3n) is 5.94. The van der Waals surface area contributed by atoms with E-state index in [4.69, 9.17) is 17.3 Å². The first-order chi connectivity index (χ1) is 13.7. The third-order valence-corrected chi connectivity index (χ3v) is 6.34. The Morgan fingerprint density at radius 1 is 1.18 bits per heavy atom. The van der Waals surface area contributed by atoms with Gasteiger partial charge < -0.3 is 0 Å². The molecule has 0 N–H and O–H groups in total. The Morgan fingerprint density at radius 3 is 2.64 bits per heavy atom. The monoisotopic (exact) mass is 399 g/mol. The van der Waals surface area contributed by atoms with Gasteiger partial charge in [0.15, 0.2) is 0 Å². The molecule has 0 aliphatic heterocycles. The second kappa shape index (κ2) is 8.17. The van der Waals surface area contributed by atoms with Gasteiger partial charge in [0.1, 0.15) is 0 Å². The summed E-state index contributed by atoms with van der Waals surface area (Å²) < 4.78 is 6.30. The van der Waals surface area contributed by atoms with Crippen LogP contribution in [0.2, 0.25) is 0 Å². The van der Waals surface area contributed by atoms with Crippen molar-refractivity contribution in [3.8, 4) is 0 Å². The van der Waals surface area contributed by atoms with Gasteiger partial charge in [-0.05, 0) is 50.2 Å². The zero-order chi connectivity index (χ0) is 19.7. The molecule has 1 aliphatic carbocycles. The van der Waals surface area contributed by atoms with Crippen molar-refractivity contribution in [2.24, 2.45) is 0 Å². The lowest BCUT2D eigenvalue weighted by Gasteiger charge is -2.33. The molecule has 1 saturated carbocycles. The fraction of sp³-hybridized carbons (Fsp3) is 0.571. The van der Waals surface area contributed by atoms with E-state index in [1.807, 2.05) is 33.3 Å². The van der Waals surface area contributed by atoms with Crippen molar-refractivity contribution in [1.82, 2.24) is 23.6 Å². The lowest BCUT2D eigenvalue weighted by atomic mass is 9.94. The van der Waals surface area contributed by atoms with Gasteiger partial charge in [-0.2, -0.15) is 0 Å². The summed E-state index contributed by atoms with van der Waals surface area (Å²) in [7, 11) is 0. The van der Waals surface area contributed by atoms with Crippen LogP contribution < -0.4 is 5.56 Å². The van der Waals surface area contributed by atoms with Crippen LogP contribution in [0.1, 0.15) is 52.4 Å². The summed E-state index contributed by atoms with van der Waals surface area (Å²) in [5.74, 6) is 0.648. The first-order valence-electron chi connectivity index (χ1n) is 10.5. The zero-order valence-corrected chi connectivity index (χ0v) is 17.6. The van der Waals surface area contributed by atoms with Crippen molar-refractivity contribution in [1.29, 1.82) is 0 Å². The van der Waals surface area contributed by atoms with E-state index in [1.165, 1.54) is 32.1 Å². The molecule has 28 heavy (non-hydrogen) atoms. The molecule has 0 saturated heterocycles. The average Bonchev–Trinajstić information content (AvgIpc) is 3.06. The van der Waals surface area contributed by atoms with E-state index in [0.29, 0.717) is 35.2 Å². The number of benzene rings is 1. The van der Waals surface area contributed by atoms with Gasteiger partial charge in [-0.25, -0.2) is 4.68 Å². The maximum Gasteiger partial charge on any atom is 0.262 e. The number of fused-ring (bicyclic) bond motifs is 3. The summed E-state index contributed by atoms with van der Waals surface area (Å²) in [4.78, 5) is 15.5. The Bertz CT molecular complexity index is 1090. The van der Waals surface area contributed by atoms with Gasteiger partial charge in [-0.15, -0.1) is 5.10 Å². The van der Waals surface area contributed by atoms with E-state index >= 15 is 0 Å². The number of hydrogen-bond donors (Lipinski definition) is 0. The summed E-state index contributed by atoms with van der Waals surface area (Å²) in [6.45, 7) is 6.57. The van der Waals surface area contributed by atoms with Gasteiger partial charge in [-0.1, -0.05) is 45.2 Å². The van der Waals surface area contributed by atoms with Crippen LogP contribution in [0.4, 0.5) is 0 Å². The standard InChI is InChI=1S/C21H29N5OS/c1-3-14-24-19(27)17-12-8-9-13-18(17)26-20(24)22-25(21(26)28)15-23(4-2)16-10-6-5-7-11-16/h8-9,12-13,16H,3-7,10-11,14-15H2,1-2H3. The Labute approximate surface area is 170 Å². The molecule has 2 aromatic heterocycles. The summed E-state index contributed by atoms with van der Waals surface area (Å²) >= 11 is 5.83. The molecule has 4 rings (SSSR count). The molecule has 150 valence electrons. The average molecular weight is 400 g/mol. The topological polar surface area (TPSA) is 47.5 Å². The van der Waals surface area contributed by atoms with Gasteiger partial charge in [0.2, 0.25) is 10.5 Å². The lowest BCUT2D eigenvalue weighted by molar-refractivity contribution is 0.119. The first kappa shape index (κ1) is 19.3. The van der Waals surface area contributed by atoms with Crippen molar-refractivity contribution in [3.63, 3.8) is 0 Å². The molecule has 0 atom stereocenters. The SMILES string of the molecule is CCCn1c(=O)c2ccccc2n2c(=S)n(CN(CC)C3CCCCC3)nc12. The maximum atomic E-state index is 13.0. The van der Waals surface area contributed by atoms with Crippen LogP contribution in [0.3, 0.4) is 0 Å². The molecular formula is C21H29N5OS. The molecule has 7 heteroatoms. The molecular weight excluding hydrogens is 370 g/mol. The molecule has 2 heterocycles. The number of aryl methyl sites for hydroxylation is 1. The minimum atomic E-state index is 0.0109. The summed E-state index contributed by atoms with van der Waals surface area (Å²) in [6, 6.07) is 8.29. The Hall–Kier alpha value is -1.99. The van der Waals surface area contributed by atoms with Crippen molar-refractivity contribution < 1.29 is 0 Å². The van der Waals surface area contributed by atoms with E-state index in [1.54, 1.807) is 4.57 Å². The van der Waals surface area contributed by atoms with Crippen molar-refractivity contribution in [2.75, 3.05) is 6.54 Å². The fourth-order valence-corrected chi connectivity index (χ4v) is 4.76. The highest BCUT2D eigenvalue weighted by molar-refractivity contribution is 7.71. The van der Waals surface area contributed by atoms with Crippen LogP contribution in [-0.2, 0) is 13.2 Å². The number of hydrogen-bond acceptors (Lipinski definition) is 4. The second-order valence-corrected chi connectivity index (χ2v) is 8.09. The maximum absolute atomic E-state index is 13.0. The highest BCUT2D eigenvalue weighted by atomic mass is 32.1. The number of para-hydroxylation sites is 1. The molecule has 0 spiro atoms. The second-order valence-electron chi connectivity index (χ2n) is 7.73. The zero-order valence-electron chi connectivity index (χ0n) is 16.8. The van der Waals surface area contributed by atoms with Gasteiger partial charge in [0, 0.05) is 12.6 Å². The van der Waals surface area contributed by atoms with Crippen molar-refractivity contribution in [3.05, 3.63) is 39.4 Å². The van der Waals surface area contributed by atoms with Crippen LogP contribution in [0.5, 0.6) is 0 Å². The first-order valence-corrected chi connectivity index (χ1v) is 10.9. The lowest BCUT2D eigenvalue weighted by Crippen LogP contribution is -2.38. The van der Waals surface area contributed by atoms with E-state index in [2.05, 4.69) is 18.7 Å². The van der Waals surface area contributed by atoms with Crippen molar-refractivity contribution >= 4 is 28.9 Å². The highest BCUT2D eigenvalue weighted by Crippen LogP contribution is 2.23. The Balaban J connectivity index is 1.85. The minimum absolute atomic E-state index is 0.0109. The predicted molar refractivity (Wildman–Crippen MR) is 115 cm³/mol. The number of rotatable bonds is 6. The molecule has 0 radical (unpaired) electrons. The number of aromatic nitrogens is 4. The molecule has 3 aromatic rings.